The molecule has 0 bridgehead atoms. The fourth-order valence-electron chi connectivity index (χ4n) is 1.93. The van der Waals surface area contributed by atoms with Crippen LogP contribution in [0.3, 0.4) is 0 Å². The molecule has 1 fully saturated rings. The van der Waals surface area contributed by atoms with Crippen molar-refractivity contribution in [1.82, 2.24) is 4.31 Å². The van der Waals surface area contributed by atoms with Crippen LogP contribution in [-0.2, 0) is 10.0 Å². The Morgan fingerprint density at radius 3 is 2.58 bits per heavy atom. The molecule has 1 aromatic carbocycles. The van der Waals surface area contributed by atoms with Crippen molar-refractivity contribution in [1.29, 1.82) is 0 Å². The Balaban J connectivity index is 0.00000180. The highest BCUT2D eigenvalue weighted by Crippen LogP contribution is 2.21. The summed E-state index contributed by atoms with van der Waals surface area (Å²) in [4.78, 5) is 11.1. The zero-order valence-corrected chi connectivity index (χ0v) is 11.8. The first-order valence-corrected chi connectivity index (χ1v) is 7.01. The highest BCUT2D eigenvalue weighted by molar-refractivity contribution is 7.89. The number of halogens is 1. The predicted molar refractivity (Wildman–Crippen MR) is 73.6 cm³/mol. The summed E-state index contributed by atoms with van der Waals surface area (Å²) in [7, 11) is -3.58. The Morgan fingerprint density at radius 2 is 2.05 bits per heavy atom. The third-order valence-electron chi connectivity index (χ3n) is 2.94. The second kappa shape index (κ2) is 5.87. The number of nitrogens with two attached hydrogens (primary N) is 2. The first-order chi connectivity index (χ1) is 8.41. The van der Waals surface area contributed by atoms with Crippen molar-refractivity contribution >= 4 is 28.3 Å². The number of hydrogen-bond acceptors (Lipinski definition) is 4. The summed E-state index contributed by atoms with van der Waals surface area (Å²) in [5.74, 6) is -0.648. The van der Waals surface area contributed by atoms with Gasteiger partial charge < -0.3 is 11.5 Å². The number of sulfonamides is 1. The van der Waals surface area contributed by atoms with E-state index in [0.29, 0.717) is 19.5 Å². The van der Waals surface area contributed by atoms with Gasteiger partial charge in [-0.15, -0.1) is 12.4 Å². The van der Waals surface area contributed by atoms with Gasteiger partial charge in [-0.1, -0.05) is 6.07 Å². The lowest BCUT2D eigenvalue weighted by molar-refractivity contribution is 0.1000. The largest absolute Gasteiger partial charge is 0.366 e. The van der Waals surface area contributed by atoms with E-state index in [1.807, 2.05) is 0 Å². The van der Waals surface area contributed by atoms with E-state index in [9.17, 15) is 13.2 Å². The van der Waals surface area contributed by atoms with E-state index < -0.39 is 15.9 Å². The summed E-state index contributed by atoms with van der Waals surface area (Å²) < 4.78 is 25.9. The van der Waals surface area contributed by atoms with E-state index in [1.54, 1.807) is 0 Å². The monoisotopic (exact) mass is 305 g/mol. The van der Waals surface area contributed by atoms with Crippen molar-refractivity contribution in [2.45, 2.75) is 17.4 Å². The van der Waals surface area contributed by atoms with E-state index in [2.05, 4.69) is 0 Å². The van der Waals surface area contributed by atoms with Crippen LogP contribution in [-0.4, -0.2) is 37.8 Å². The molecule has 0 unspecified atom stereocenters. The molecular weight excluding hydrogens is 290 g/mol. The van der Waals surface area contributed by atoms with Crippen LogP contribution in [0.5, 0.6) is 0 Å². The van der Waals surface area contributed by atoms with Crippen molar-refractivity contribution in [3.05, 3.63) is 29.8 Å². The molecule has 1 aromatic rings. The summed E-state index contributed by atoms with van der Waals surface area (Å²) in [5, 5.41) is 0. The zero-order chi connectivity index (χ0) is 13.3. The summed E-state index contributed by atoms with van der Waals surface area (Å²) in [5.41, 5.74) is 11.0. The van der Waals surface area contributed by atoms with Crippen molar-refractivity contribution < 1.29 is 13.2 Å². The number of rotatable bonds is 3. The van der Waals surface area contributed by atoms with Crippen LogP contribution in [0, 0.1) is 0 Å². The minimum absolute atomic E-state index is 0. The van der Waals surface area contributed by atoms with Gasteiger partial charge in [0.25, 0.3) is 0 Å². The Bertz CT molecular complexity index is 576. The van der Waals surface area contributed by atoms with Gasteiger partial charge in [0.1, 0.15) is 0 Å². The van der Waals surface area contributed by atoms with E-state index in [-0.39, 0.29) is 28.9 Å². The van der Waals surface area contributed by atoms with Gasteiger partial charge >= 0.3 is 0 Å². The average molecular weight is 306 g/mol. The SMILES string of the molecule is Cl.NC(=O)c1cccc(S(=O)(=O)N2CC[C@@H](N)C2)c1. The highest BCUT2D eigenvalue weighted by atomic mass is 35.5. The number of nitrogens with zero attached hydrogens (tertiary/aromatic N) is 1. The number of benzene rings is 1. The van der Waals surface area contributed by atoms with E-state index in [1.165, 1.54) is 28.6 Å². The topological polar surface area (TPSA) is 106 Å². The minimum Gasteiger partial charge on any atom is -0.366 e. The fraction of sp³-hybridized carbons (Fsp3) is 0.364. The zero-order valence-electron chi connectivity index (χ0n) is 10.2. The molecule has 19 heavy (non-hydrogen) atoms. The molecule has 4 N–H and O–H groups in total. The normalized spacial score (nSPS) is 19.9. The smallest absolute Gasteiger partial charge is 0.248 e. The lowest BCUT2D eigenvalue weighted by atomic mass is 10.2. The number of primary amides is 1. The Hall–Kier alpha value is -1.15. The predicted octanol–water partition coefficient (Wildman–Crippen LogP) is -0.0710. The minimum atomic E-state index is -3.58. The average Bonchev–Trinajstić information content (AvgIpc) is 2.77. The molecule has 2 rings (SSSR count). The van der Waals surface area contributed by atoms with Gasteiger partial charge in [0, 0.05) is 24.7 Å². The first kappa shape index (κ1) is 15.9. The Kier molecular flexibility index (Phi) is 4.92. The number of carbonyl (C=O) groups excluding carboxylic acids is 1. The molecule has 0 aliphatic carbocycles. The maximum atomic E-state index is 12.3. The maximum absolute atomic E-state index is 12.3. The van der Waals surface area contributed by atoms with Gasteiger partial charge in [0.05, 0.1) is 4.90 Å². The Morgan fingerprint density at radius 1 is 1.37 bits per heavy atom. The number of hydrogen-bond donors (Lipinski definition) is 2. The highest BCUT2D eigenvalue weighted by Gasteiger charge is 2.31. The molecule has 1 atom stereocenters. The van der Waals surface area contributed by atoms with Gasteiger partial charge in [-0.25, -0.2) is 8.42 Å². The molecule has 6 nitrogen and oxygen atoms in total. The lowest BCUT2D eigenvalue weighted by Crippen LogP contribution is -2.32. The molecule has 106 valence electrons. The summed E-state index contributed by atoms with van der Waals surface area (Å²) in [6, 6.07) is 5.60. The lowest BCUT2D eigenvalue weighted by Gasteiger charge is -2.16. The van der Waals surface area contributed by atoms with Crippen LogP contribution >= 0.6 is 12.4 Å². The van der Waals surface area contributed by atoms with Gasteiger partial charge in [0.15, 0.2) is 0 Å². The van der Waals surface area contributed by atoms with Crippen LogP contribution in [0.1, 0.15) is 16.8 Å². The van der Waals surface area contributed by atoms with Crippen molar-refractivity contribution in [3.8, 4) is 0 Å². The quantitative estimate of drug-likeness (QED) is 0.815. The van der Waals surface area contributed by atoms with E-state index in [0.717, 1.165) is 0 Å². The van der Waals surface area contributed by atoms with Gasteiger partial charge in [-0.2, -0.15) is 4.31 Å². The second-order valence-electron chi connectivity index (χ2n) is 4.30. The van der Waals surface area contributed by atoms with Gasteiger partial charge in [0.2, 0.25) is 15.9 Å². The van der Waals surface area contributed by atoms with Crippen LogP contribution in [0.25, 0.3) is 0 Å². The summed E-state index contributed by atoms with van der Waals surface area (Å²) in [6.07, 6.45) is 0.648. The molecule has 8 heteroatoms. The molecule has 1 heterocycles. The number of carbonyl (C=O) groups is 1. The van der Waals surface area contributed by atoms with Crippen LogP contribution < -0.4 is 11.5 Å². The van der Waals surface area contributed by atoms with Crippen LogP contribution in [0.15, 0.2) is 29.2 Å². The standard InChI is InChI=1S/C11H15N3O3S.ClH/c12-9-4-5-14(7-9)18(16,17)10-3-1-2-8(6-10)11(13)15;/h1-3,6,9H,4-5,7,12H2,(H2,13,15);1H/t9-;/m1./s1. The molecule has 0 spiro atoms. The van der Waals surface area contributed by atoms with Crippen molar-refractivity contribution in [2.75, 3.05) is 13.1 Å². The van der Waals surface area contributed by atoms with Crippen molar-refractivity contribution in [2.24, 2.45) is 11.5 Å². The molecule has 0 saturated carbocycles. The van der Waals surface area contributed by atoms with E-state index in [4.69, 9.17) is 11.5 Å². The second-order valence-corrected chi connectivity index (χ2v) is 6.24. The Labute approximate surface area is 118 Å². The van der Waals surface area contributed by atoms with Crippen molar-refractivity contribution in [3.63, 3.8) is 0 Å². The molecule has 1 aliphatic heterocycles. The molecule has 1 aliphatic rings. The third kappa shape index (κ3) is 3.24. The molecule has 0 radical (unpaired) electrons. The summed E-state index contributed by atoms with van der Waals surface area (Å²) >= 11 is 0. The molecule has 1 saturated heterocycles. The van der Waals surface area contributed by atoms with Gasteiger partial charge in [-0.3, -0.25) is 4.79 Å². The van der Waals surface area contributed by atoms with Crippen LogP contribution in [0.2, 0.25) is 0 Å². The first-order valence-electron chi connectivity index (χ1n) is 5.57. The van der Waals surface area contributed by atoms with Crippen LogP contribution in [0.4, 0.5) is 0 Å². The van der Waals surface area contributed by atoms with E-state index >= 15 is 0 Å². The third-order valence-corrected chi connectivity index (χ3v) is 4.80. The molecular formula is C11H16ClN3O3S. The maximum Gasteiger partial charge on any atom is 0.248 e. The van der Waals surface area contributed by atoms with Gasteiger partial charge in [-0.05, 0) is 24.6 Å². The summed E-state index contributed by atoms with van der Waals surface area (Å²) in [6.45, 7) is 0.716. The molecule has 1 amide bonds. The number of amides is 1. The fourth-order valence-corrected chi connectivity index (χ4v) is 3.49. The molecule has 0 aromatic heterocycles.